The second-order valence-electron chi connectivity index (χ2n) is 5.21. The minimum Gasteiger partial charge on any atom is -0.491 e. The van der Waals surface area contributed by atoms with Crippen LogP contribution < -0.4 is 4.74 Å². The second kappa shape index (κ2) is 6.70. The number of hydrogen-bond donors (Lipinski definition) is 0. The van der Waals surface area contributed by atoms with E-state index in [1.54, 1.807) is 4.68 Å². The molecule has 0 aliphatic carbocycles. The summed E-state index contributed by atoms with van der Waals surface area (Å²) in [6.45, 7) is 3.38. The number of ether oxygens (including phenoxy) is 2. The fraction of sp³-hybridized carbons (Fsp3) is 0.438. The van der Waals surface area contributed by atoms with Crippen LogP contribution in [0.3, 0.4) is 0 Å². The molecule has 0 radical (unpaired) electrons. The highest BCUT2D eigenvalue weighted by atomic mass is 16.5. The van der Waals surface area contributed by atoms with Gasteiger partial charge in [-0.05, 0) is 31.4 Å². The number of aromatic nitrogens is 3. The second-order valence-corrected chi connectivity index (χ2v) is 5.21. The molecule has 2 heterocycles. The first kappa shape index (κ1) is 14.7. The van der Waals surface area contributed by atoms with Gasteiger partial charge in [-0.3, -0.25) is 4.79 Å². The van der Waals surface area contributed by atoms with Crippen LogP contribution in [0.5, 0.6) is 5.75 Å². The van der Waals surface area contributed by atoms with Gasteiger partial charge in [0.15, 0.2) is 12.0 Å². The first-order valence-corrected chi connectivity index (χ1v) is 7.59. The Bertz CT molecular complexity index is 648. The minimum absolute atomic E-state index is 0.144. The van der Waals surface area contributed by atoms with E-state index in [4.69, 9.17) is 9.47 Å². The highest BCUT2D eigenvalue weighted by Gasteiger charge is 2.27. The molecule has 6 nitrogen and oxygen atoms in total. The molecule has 0 saturated carbocycles. The third-order valence-corrected chi connectivity index (χ3v) is 3.63. The van der Waals surface area contributed by atoms with Crippen LogP contribution in [0, 0.1) is 0 Å². The number of hydrogen-bond acceptors (Lipinski definition) is 5. The summed E-state index contributed by atoms with van der Waals surface area (Å²) in [5, 5.41) is 8.13. The Morgan fingerprint density at radius 3 is 3.05 bits per heavy atom. The molecule has 0 spiro atoms. The van der Waals surface area contributed by atoms with Gasteiger partial charge < -0.3 is 9.47 Å². The Labute approximate surface area is 129 Å². The Morgan fingerprint density at radius 1 is 1.45 bits per heavy atom. The quantitative estimate of drug-likeness (QED) is 0.767. The van der Waals surface area contributed by atoms with Crippen molar-refractivity contribution in [3.05, 3.63) is 35.7 Å². The van der Waals surface area contributed by atoms with E-state index in [2.05, 4.69) is 17.2 Å². The van der Waals surface area contributed by atoms with E-state index in [0.29, 0.717) is 24.6 Å². The van der Waals surface area contributed by atoms with Crippen LogP contribution >= 0.6 is 0 Å². The number of rotatable bonds is 6. The number of carbonyl (C=O) groups is 1. The fourth-order valence-corrected chi connectivity index (χ4v) is 2.62. The molecule has 1 aromatic carbocycles. The Balaban J connectivity index is 2.05. The summed E-state index contributed by atoms with van der Waals surface area (Å²) < 4.78 is 13.2. The van der Waals surface area contributed by atoms with Crippen molar-refractivity contribution in [1.82, 2.24) is 15.0 Å². The molecule has 2 aromatic rings. The lowest BCUT2D eigenvalue weighted by Gasteiger charge is -2.15. The van der Waals surface area contributed by atoms with Gasteiger partial charge in [-0.2, -0.15) is 0 Å². The Kier molecular flexibility index (Phi) is 4.48. The van der Waals surface area contributed by atoms with E-state index in [0.717, 1.165) is 37.0 Å². The number of para-hydroxylation sites is 2. The third kappa shape index (κ3) is 2.74. The van der Waals surface area contributed by atoms with Gasteiger partial charge in [0.1, 0.15) is 23.2 Å². The Hall–Kier alpha value is -2.21. The molecule has 1 atom stereocenters. The van der Waals surface area contributed by atoms with Crippen molar-refractivity contribution >= 4 is 6.29 Å². The molecule has 0 bridgehead atoms. The zero-order valence-corrected chi connectivity index (χ0v) is 12.6. The molecule has 1 fully saturated rings. The maximum atomic E-state index is 11.3. The maximum absolute atomic E-state index is 11.3. The van der Waals surface area contributed by atoms with E-state index in [1.807, 2.05) is 24.3 Å². The zero-order valence-electron chi connectivity index (χ0n) is 12.6. The largest absolute Gasteiger partial charge is 0.491 e. The highest BCUT2D eigenvalue weighted by Crippen LogP contribution is 2.33. The smallest absolute Gasteiger partial charge is 0.172 e. The van der Waals surface area contributed by atoms with Crippen molar-refractivity contribution in [2.24, 2.45) is 0 Å². The molecule has 1 unspecified atom stereocenters. The standard InChI is InChI=1S/C16H19N3O3/c1-2-9-21-14-7-4-3-6-13(14)19-16(12(11-20)17-18-19)15-8-5-10-22-15/h3-4,6-7,11,15H,2,5,8-10H2,1H3. The van der Waals surface area contributed by atoms with Crippen LogP contribution in [0.15, 0.2) is 24.3 Å². The van der Waals surface area contributed by atoms with Crippen LogP contribution in [0.25, 0.3) is 5.69 Å². The summed E-state index contributed by atoms with van der Waals surface area (Å²) in [4.78, 5) is 11.3. The number of benzene rings is 1. The fourth-order valence-electron chi connectivity index (χ4n) is 2.62. The normalized spacial score (nSPS) is 17.6. The van der Waals surface area contributed by atoms with Crippen LogP contribution in [0.1, 0.15) is 48.5 Å². The lowest BCUT2D eigenvalue weighted by atomic mass is 10.1. The van der Waals surface area contributed by atoms with Crippen molar-refractivity contribution in [1.29, 1.82) is 0 Å². The molecule has 0 amide bonds. The van der Waals surface area contributed by atoms with Crippen LogP contribution in [0.4, 0.5) is 0 Å². The number of carbonyl (C=O) groups excluding carboxylic acids is 1. The average Bonchev–Trinajstić information content (AvgIpc) is 3.21. The SMILES string of the molecule is CCCOc1ccccc1-n1nnc(C=O)c1C1CCCO1. The monoisotopic (exact) mass is 301 g/mol. The average molecular weight is 301 g/mol. The van der Waals surface area contributed by atoms with Gasteiger partial charge in [-0.1, -0.05) is 24.3 Å². The summed E-state index contributed by atoms with van der Waals surface area (Å²) in [6, 6.07) is 7.63. The van der Waals surface area contributed by atoms with Gasteiger partial charge in [0.2, 0.25) is 0 Å². The highest BCUT2D eigenvalue weighted by molar-refractivity contribution is 5.74. The molecule has 1 aliphatic heterocycles. The van der Waals surface area contributed by atoms with Crippen LogP contribution in [0.2, 0.25) is 0 Å². The van der Waals surface area contributed by atoms with Gasteiger partial charge in [0.05, 0.1) is 6.61 Å². The third-order valence-electron chi connectivity index (χ3n) is 3.63. The number of nitrogens with zero attached hydrogens (tertiary/aromatic N) is 3. The van der Waals surface area contributed by atoms with Crippen molar-refractivity contribution in [2.45, 2.75) is 32.3 Å². The number of aldehydes is 1. The molecule has 0 N–H and O–H groups in total. The van der Waals surface area contributed by atoms with E-state index in [1.165, 1.54) is 0 Å². The lowest BCUT2D eigenvalue weighted by molar-refractivity contribution is 0.102. The molecule has 22 heavy (non-hydrogen) atoms. The van der Waals surface area contributed by atoms with Gasteiger partial charge >= 0.3 is 0 Å². The summed E-state index contributed by atoms with van der Waals surface area (Å²) in [6.07, 6.45) is 3.35. The summed E-state index contributed by atoms with van der Waals surface area (Å²) in [7, 11) is 0. The van der Waals surface area contributed by atoms with Crippen molar-refractivity contribution < 1.29 is 14.3 Å². The molecule has 1 aromatic heterocycles. The predicted octanol–water partition coefficient (Wildman–Crippen LogP) is 2.72. The van der Waals surface area contributed by atoms with Gasteiger partial charge in [0, 0.05) is 6.61 Å². The van der Waals surface area contributed by atoms with Crippen molar-refractivity contribution in [3.8, 4) is 11.4 Å². The molecule has 6 heteroatoms. The predicted molar refractivity (Wildman–Crippen MR) is 80.5 cm³/mol. The van der Waals surface area contributed by atoms with Crippen molar-refractivity contribution in [3.63, 3.8) is 0 Å². The van der Waals surface area contributed by atoms with E-state index in [9.17, 15) is 4.79 Å². The Morgan fingerprint density at radius 2 is 2.32 bits per heavy atom. The topological polar surface area (TPSA) is 66.2 Å². The molecule has 1 saturated heterocycles. The summed E-state index contributed by atoms with van der Waals surface area (Å²) in [5.41, 5.74) is 1.82. The van der Waals surface area contributed by atoms with Gasteiger partial charge in [-0.15, -0.1) is 5.10 Å². The maximum Gasteiger partial charge on any atom is 0.172 e. The van der Waals surface area contributed by atoms with Gasteiger partial charge in [-0.25, -0.2) is 4.68 Å². The van der Waals surface area contributed by atoms with E-state index >= 15 is 0 Å². The summed E-state index contributed by atoms with van der Waals surface area (Å²) in [5.74, 6) is 0.728. The molecular weight excluding hydrogens is 282 g/mol. The van der Waals surface area contributed by atoms with Crippen LogP contribution in [-0.2, 0) is 4.74 Å². The van der Waals surface area contributed by atoms with E-state index < -0.39 is 0 Å². The lowest BCUT2D eigenvalue weighted by Crippen LogP contribution is -2.10. The molecule has 1 aliphatic rings. The van der Waals surface area contributed by atoms with Crippen LogP contribution in [-0.4, -0.2) is 34.5 Å². The first-order valence-electron chi connectivity index (χ1n) is 7.59. The molecular formula is C16H19N3O3. The minimum atomic E-state index is -0.144. The summed E-state index contributed by atoms with van der Waals surface area (Å²) >= 11 is 0. The van der Waals surface area contributed by atoms with E-state index in [-0.39, 0.29) is 6.10 Å². The van der Waals surface area contributed by atoms with Gasteiger partial charge in [0.25, 0.3) is 0 Å². The van der Waals surface area contributed by atoms with Crippen molar-refractivity contribution in [2.75, 3.05) is 13.2 Å². The molecule has 116 valence electrons. The zero-order chi connectivity index (χ0) is 15.4. The molecule has 3 rings (SSSR count). The first-order chi connectivity index (χ1) is 10.8.